The smallest absolute Gasteiger partial charge is 0.374 e. The number of nitrogens with one attached hydrogen (secondary N) is 1. The number of carboxylic acids is 1. The van der Waals surface area contributed by atoms with Crippen LogP contribution < -0.4 is 4.90 Å². The fourth-order valence-corrected chi connectivity index (χ4v) is 1.80. The minimum Gasteiger partial charge on any atom is -0.475 e. The van der Waals surface area contributed by atoms with Gasteiger partial charge in [-0.05, 0) is 0 Å². The average molecular weight is 289 g/mol. The van der Waals surface area contributed by atoms with Crippen molar-refractivity contribution in [2.75, 3.05) is 11.9 Å². The fourth-order valence-electron chi connectivity index (χ4n) is 1.80. The summed E-state index contributed by atoms with van der Waals surface area (Å²) in [6.07, 6.45) is 3.42. The van der Waals surface area contributed by atoms with Crippen LogP contribution in [0.15, 0.2) is 18.5 Å². The van der Waals surface area contributed by atoms with Gasteiger partial charge in [0.15, 0.2) is 0 Å². The first-order valence-electron chi connectivity index (χ1n) is 6.59. The van der Waals surface area contributed by atoms with Crippen LogP contribution in [0.4, 0.5) is 5.82 Å². The molecule has 0 spiro atoms. The number of anilines is 1. The molecule has 21 heavy (non-hydrogen) atoms. The maximum absolute atomic E-state index is 11.2. The first kappa shape index (κ1) is 15.0. The normalized spacial score (nSPS) is 11.4. The summed E-state index contributed by atoms with van der Waals surface area (Å²) in [5, 5.41) is 9.18. The first-order valence-corrected chi connectivity index (χ1v) is 6.59. The quantitative estimate of drug-likeness (QED) is 0.891. The van der Waals surface area contributed by atoms with Crippen LogP contribution >= 0.6 is 0 Å². The number of H-pyrrole nitrogens is 1. The van der Waals surface area contributed by atoms with E-state index in [0.717, 1.165) is 5.82 Å². The van der Waals surface area contributed by atoms with Gasteiger partial charge in [-0.3, -0.25) is 0 Å². The second-order valence-corrected chi connectivity index (χ2v) is 5.88. The van der Waals surface area contributed by atoms with Gasteiger partial charge in [0.05, 0.1) is 12.2 Å². The van der Waals surface area contributed by atoms with Crippen LogP contribution in [0.1, 0.15) is 42.9 Å². The van der Waals surface area contributed by atoms with Crippen molar-refractivity contribution in [1.82, 2.24) is 19.9 Å². The van der Waals surface area contributed by atoms with Crippen molar-refractivity contribution in [3.63, 3.8) is 0 Å². The van der Waals surface area contributed by atoms with Crippen molar-refractivity contribution >= 4 is 11.8 Å². The molecule has 0 aromatic carbocycles. The van der Waals surface area contributed by atoms with Gasteiger partial charge in [-0.2, -0.15) is 0 Å². The van der Waals surface area contributed by atoms with Crippen molar-refractivity contribution in [1.29, 1.82) is 0 Å². The Balaban J connectivity index is 2.37. The standard InChI is InChI=1S/C14H19N5O2/c1-14(2,3)9-7-11(18-12(17-9)13(20)21)19(4)8-10-15-5-6-16-10/h5-7H,8H2,1-4H3,(H,15,16)(H,20,21). The zero-order chi connectivity index (χ0) is 15.6. The third-order valence-corrected chi connectivity index (χ3v) is 3.01. The summed E-state index contributed by atoms with van der Waals surface area (Å²) in [4.78, 5) is 28.4. The molecule has 0 aliphatic carbocycles. The Hall–Kier alpha value is -2.44. The van der Waals surface area contributed by atoms with Gasteiger partial charge < -0.3 is 15.0 Å². The largest absolute Gasteiger partial charge is 0.475 e. The molecular weight excluding hydrogens is 270 g/mol. The molecule has 2 heterocycles. The molecule has 0 radical (unpaired) electrons. The lowest BCUT2D eigenvalue weighted by Gasteiger charge is -2.22. The molecule has 2 rings (SSSR count). The second-order valence-electron chi connectivity index (χ2n) is 5.88. The van der Waals surface area contributed by atoms with Crippen molar-refractivity contribution in [2.45, 2.75) is 32.7 Å². The zero-order valence-electron chi connectivity index (χ0n) is 12.6. The van der Waals surface area contributed by atoms with Crippen molar-refractivity contribution in [3.05, 3.63) is 35.8 Å². The molecule has 112 valence electrons. The lowest BCUT2D eigenvalue weighted by Crippen LogP contribution is -2.23. The molecule has 0 unspecified atom stereocenters. The Morgan fingerprint density at radius 3 is 2.62 bits per heavy atom. The molecular formula is C14H19N5O2. The summed E-state index contributed by atoms with van der Waals surface area (Å²) >= 11 is 0. The summed E-state index contributed by atoms with van der Waals surface area (Å²) in [5.74, 6) is 0.0199. The summed E-state index contributed by atoms with van der Waals surface area (Å²) < 4.78 is 0. The molecule has 0 fully saturated rings. The van der Waals surface area contributed by atoms with Crippen LogP contribution in [0.3, 0.4) is 0 Å². The Kier molecular flexibility index (Phi) is 3.93. The summed E-state index contributed by atoms with van der Waals surface area (Å²) in [6, 6.07) is 1.81. The zero-order valence-corrected chi connectivity index (χ0v) is 12.6. The van der Waals surface area contributed by atoms with E-state index in [1.54, 1.807) is 12.4 Å². The Morgan fingerprint density at radius 2 is 2.10 bits per heavy atom. The van der Waals surface area contributed by atoms with E-state index in [1.807, 2.05) is 38.8 Å². The van der Waals surface area contributed by atoms with Gasteiger partial charge in [0.2, 0.25) is 5.82 Å². The third kappa shape index (κ3) is 3.56. The van der Waals surface area contributed by atoms with Crippen LogP contribution in [-0.4, -0.2) is 38.1 Å². The highest BCUT2D eigenvalue weighted by Gasteiger charge is 2.21. The average Bonchev–Trinajstić information content (AvgIpc) is 2.90. The molecule has 7 heteroatoms. The van der Waals surface area contributed by atoms with E-state index >= 15 is 0 Å². The van der Waals surface area contributed by atoms with E-state index in [4.69, 9.17) is 0 Å². The van der Waals surface area contributed by atoms with E-state index in [2.05, 4.69) is 19.9 Å². The lowest BCUT2D eigenvalue weighted by atomic mass is 9.92. The monoisotopic (exact) mass is 289 g/mol. The second kappa shape index (κ2) is 5.51. The van der Waals surface area contributed by atoms with Gasteiger partial charge in [0.25, 0.3) is 0 Å². The maximum atomic E-state index is 11.2. The molecule has 0 bridgehead atoms. The highest BCUT2D eigenvalue weighted by atomic mass is 16.4. The van der Waals surface area contributed by atoms with Gasteiger partial charge in [0.1, 0.15) is 11.6 Å². The molecule has 0 saturated carbocycles. The maximum Gasteiger partial charge on any atom is 0.374 e. The fraction of sp³-hybridized carbons (Fsp3) is 0.429. The summed E-state index contributed by atoms with van der Waals surface area (Å²) in [6.45, 7) is 6.46. The van der Waals surface area contributed by atoms with Crippen LogP contribution in [0, 0.1) is 0 Å². The number of aromatic amines is 1. The topological polar surface area (TPSA) is 95.0 Å². The molecule has 0 aliphatic heterocycles. The Labute approximate surface area is 123 Å². The molecule has 2 aromatic rings. The van der Waals surface area contributed by atoms with E-state index in [0.29, 0.717) is 18.1 Å². The lowest BCUT2D eigenvalue weighted by molar-refractivity contribution is 0.0683. The van der Waals surface area contributed by atoms with Crippen LogP contribution in [0.25, 0.3) is 0 Å². The number of hydrogen-bond donors (Lipinski definition) is 2. The van der Waals surface area contributed by atoms with Gasteiger partial charge in [0, 0.05) is 30.9 Å². The molecule has 0 atom stereocenters. The van der Waals surface area contributed by atoms with Crippen molar-refractivity contribution in [2.24, 2.45) is 0 Å². The molecule has 0 amide bonds. The Morgan fingerprint density at radius 1 is 1.38 bits per heavy atom. The first-order chi connectivity index (χ1) is 9.77. The number of aromatic carboxylic acids is 1. The molecule has 7 nitrogen and oxygen atoms in total. The van der Waals surface area contributed by atoms with E-state index in [-0.39, 0.29) is 11.2 Å². The number of aromatic nitrogens is 4. The third-order valence-electron chi connectivity index (χ3n) is 3.01. The number of rotatable bonds is 4. The highest BCUT2D eigenvalue weighted by molar-refractivity contribution is 5.83. The van der Waals surface area contributed by atoms with Crippen LogP contribution in [0.2, 0.25) is 0 Å². The summed E-state index contributed by atoms with van der Waals surface area (Å²) in [5.41, 5.74) is 0.434. The molecule has 0 saturated heterocycles. The molecule has 2 aromatic heterocycles. The van der Waals surface area contributed by atoms with Gasteiger partial charge >= 0.3 is 5.97 Å². The van der Waals surface area contributed by atoms with Crippen LogP contribution in [-0.2, 0) is 12.0 Å². The SMILES string of the molecule is CN(Cc1ncc[nH]1)c1cc(C(C)(C)C)nc(C(=O)O)n1. The minimum absolute atomic E-state index is 0.191. The number of imidazole rings is 1. The van der Waals surface area contributed by atoms with Crippen molar-refractivity contribution in [3.8, 4) is 0 Å². The summed E-state index contributed by atoms with van der Waals surface area (Å²) in [7, 11) is 1.84. The molecule has 0 aliphatic rings. The minimum atomic E-state index is -1.13. The predicted molar refractivity (Wildman–Crippen MR) is 78.4 cm³/mol. The number of hydrogen-bond acceptors (Lipinski definition) is 5. The van der Waals surface area contributed by atoms with E-state index < -0.39 is 5.97 Å². The van der Waals surface area contributed by atoms with Gasteiger partial charge in [-0.15, -0.1) is 0 Å². The van der Waals surface area contributed by atoms with E-state index in [1.165, 1.54) is 0 Å². The van der Waals surface area contributed by atoms with Crippen LogP contribution in [0.5, 0.6) is 0 Å². The molecule has 2 N–H and O–H groups in total. The predicted octanol–water partition coefficient (Wildman–Crippen LogP) is 1.83. The Bertz CT molecular complexity index is 631. The number of carboxylic acid groups (broad SMARTS) is 1. The van der Waals surface area contributed by atoms with Gasteiger partial charge in [-0.1, -0.05) is 20.8 Å². The van der Waals surface area contributed by atoms with E-state index in [9.17, 15) is 9.90 Å². The number of carbonyl (C=O) groups is 1. The van der Waals surface area contributed by atoms with Crippen molar-refractivity contribution < 1.29 is 9.90 Å². The van der Waals surface area contributed by atoms with Gasteiger partial charge in [-0.25, -0.2) is 19.7 Å². The number of nitrogens with zero attached hydrogens (tertiary/aromatic N) is 4. The highest BCUT2D eigenvalue weighted by Crippen LogP contribution is 2.24.